The van der Waals surface area contributed by atoms with Gasteiger partial charge in [0.2, 0.25) is 0 Å². The molecule has 0 aliphatic carbocycles. The van der Waals surface area contributed by atoms with Gasteiger partial charge in [-0.1, -0.05) is 0 Å². The molecule has 8 N–H and O–H groups in total. The van der Waals surface area contributed by atoms with Crippen LogP contribution in [0.15, 0.2) is 0 Å². The zero-order valence-corrected chi connectivity index (χ0v) is 15.5. The molecular weight excluding hydrogens is 492 g/mol. The van der Waals surface area contributed by atoms with E-state index in [1.165, 1.54) is 0 Å². The molecule has 0 heterocycles. The van der Waals surface area contributed by atoms with E-state index in [0.717, 1.165) is 0 Å². The molecule has 0 spiro atoms. The van der Waals surface area contributed by atoms with Crippen LogP contribution in [0.4, 0.5) is 0 Å². The fourth-order valence-corrected chi connectivity index (χ4v) is 0. The van der Waals surface area contributed by atoms with Crippen LogP contribution in [0.3, 0.4) is 0 Å². The molecule has 0 saturated heterocycles. The molecule has 13 nitrogen and oxygen atoms in total. The van der Waals surface area contributed by atoms with Crippen molar-refractivity contribution >= 4 is 31.2 Å². The minimum atomic E-state index is -4.67. The molecular formula is H8CuNiO13S3Zn. The molecule has 19 heteroatoms. The van der Waals surface area contributed by atoms with Crippen LogP contribution in [0.5, 0.6) is 0 Å². The zero-order chi connectivity index (χ0) is 13.5. The third-order valence-corrected chi connectivity index (χ3v) is 0. The second-order valence-corrected chi connectivity index (χ2v) is 4.03. The predicted molar refractivity (Wildman–Crippen MR) is 46.1 cm³/mol. The summed E-state index contributed by atoms with van der Waals surface area (Å²) in [6.07, 6.45) is 0. The fourth-order valence-electron chi connectivity index (χ4n) is 0. The van der Waals surface area contributed by atoms with Crippen LogP contribution < -0.4 is 0 Å². The summed E-state index contributed by atoms with van der Waals surface area (Å²) in [5, 5.41) is 0. The quantitative estimate of drug-likeness (QED) is 0.146. The number of rotatable bonds is 0. The SMILES string of the molecule is O.O=S(=O)(O)O.O=S(=O)(O)O.O=S(=O)(O)O.[Cu].[Ni].[Zn]. The first-order valence-corrected chi connectivity index (χ1v) is 6.29. The first-order chi connectivity index (χ1) is 6.00. The first kappa shape index (κ1) is 42.7. The Hall–Kier alpha value is 1.21. The third kappa shape index (κ3) is 3910. The summed E-state index contributed by atoms with van der Waals surface area (Å²) >= 11 is 0. The maximum absolute atomic E-state index is 8.74. The maximum Gasteiger partial charge on any atom is 0.394 e. The predicted octanol–water partition coefficient (Wildman–Crippen LogP) is -2.79. The maximum atomic E-state index is 8.74. The van der Waals surface area contributed by atoms with Crippen LogP contribution in [0, 0.1) is 0 Å². The molecule has 0 unspecified atom stereocenters. The molecule has 19 heavy (non-hydrogen) atoms. The van der Waals surface area contributed by atoms with Crippen molar-refractivity contribution < 1.29 is 111 Å². The van der Waals surface area contributed by atoms with Gasteiger partial charge in [-0.25, -0.2) is 0 Å². The Bertz CT molecular complexity index is 349. The summed E-state index contributed by atoms with van der Waals surface area (Å²) in [6.45, 7) is 0. The molecule has 0 bridgehead atoms. The van der Waals surface area contributed by atoms with Crippen molar-refractivity contribution in [1.29, 1.82) is 0 Å². The molecule has 0 aromatic carbocycles. The fraction of sp³-hybridized carbons (Fsp3) is 0. The largest absolute Gasteiger partial charge is 0.412 e. The van der Waals surface area contributed by atoms with Crippen molar-refractivity contribution in [3.05, 3.63) is 0 Å². The van der Waals surface area contributed by atoms with Gasteiger partial charge >= 0.3 is 31.2 Å². The minimum absolute atomic E-state index is 0. The summed E-state index contributed by atoms with van der Waals surface area (Å²) in [7, 11) is -14.0. The van der Waals surface area contributed by atoms with Crippen molar-refractivity contribution in [3.63, 3.8) is 0 Å². The van der Waals surface area contributed by atoms with E-state index in [2.05, 4.69) is 0 Å². The zero-order valence-electron chi connectivity index (χ0n) is 8.18. The normalized spacial score (nSPS) is 9.16. The number of hydrogen-bond donors (Lipinski definition) is 6. The molecule has 0 atom stereocenters. The second kappa shape index (κ2) is 17.3. The van der Waals surface area contributed by atoms with Crippen molar-refractivity contribution in [1.82, 2.24) is 0 Å². The van der Waals surface area contributed by atoms with Gasteiger partial charge in [-0.2, -0.15) is 25.3 Å². The van der Waals surface area contributed by atoms with Crippen LogP contribution in [-0.2, 0) is 84.2 Å². The summed E-state index contributed by atoms with van der Waals surface area (Å²) in [4.78, 5) is 0. The van der Waals surface area contributed by atoms with Gasteiger partial charge in [0.15, 0.2) is 0 Å². The summed E-state index contributed by atoms with van der Waals surface area (Å²) < 4.78 is 94.8. The minimum Gasteiger partial charge on any atom is -0.412 e. The van der Waals surface area contributed by atoms with E-state index in [1.54, 1.807) is 0 Å². The van der Waals surface area contributed by atoms with E-state index in [9.17, 15) is 0 Å². The molecule has 0 aromatic rings. The Kier molecular flexibility index (Phi) is 38.8. The van der Waals surface area contributed by atoms with E-state index >= 15 is 0 Å². The van der Waals surface area contributed by atoms with Crippen LogP contribution in [-0.4, -0.2) is 58.0 Å². The third-order valence-electron chi connectivity index (χ3n) is 0. The van der Waals surface area contributed by atoms with Crippen molar-refractivity contribution in [2.45, 2.75) is 0 Å². The van der Waals surface area contributed by atoms with Gasteiger partial charge in [-0.15, -0.1) is 0 Å². The molecule has 0 amide bonds. The van der Waals surface area contributed by atoms with Gasteiger partial charge in [0.25, 0.3) is 0 Å². The Morgan fingerprint density at radius 2 is 0.526 bits per heavy atom. The van der Waals surface area contributed by atoms with Crippen LogP contribution in [0.1, 0.15) is 0 Å². The van der Waals surface area contributed by atoms with Crippen molar-refractivity contribution in [2.24, 2.45) is 0 Å². The number of hydrogen-bond acceptors (Lipinski definition) is 6. The standard InChI is InChI=1S/Cu.Ni.3H2O4S.H2O.Zn/c;;3*1-5(2,3)4;;/h;;3*(H2,1,2,3,4);1H2;. The average Bonchev–Trinajstić information content (AvgIpc) is 1.41. The summed E-state index contributed by atoms with van der Waals surface area (Å²) in [5.41, 5.74) is 0. The molecule has 0 fully saturated rings. The summed E-state index contributed by atoms with van der Waals surface area (Å²) in [6, 6.07) is 0. The molecule has 0 rings (SSSR count). The smallest absolute Gasteiger partial charge is 0.394 e. The molecule has 127 valence electrons. The van der Waals surface area contributed by atoms with E-state index < -0.39 is 31.2 Å². The van der Waals surface area contributed by atoms with Gasteiger partial charge in [0.05, 0.1) is 0 Å². The van der Waals surface area contributed by atoms with Crippen molar-refractivity contribution in [3.8, 4) is 0 Å². The molecule has 0 saturated carbocycles. The Balaban J connectivity index is -0.0000000206. The van der Waals surface area contributed by atoms with Gasteiger partial charge in [0.1, 0.15) is 0 Å². The van der Waals surface area contributed by atoms with E-state index in [0.29, 0.717) is 0 Å². The molecule has 1 radical (unpaired) electrons. The first-order valence-electron chi connectivity index (χ1n) is 2.10. The van der Waals surface area contributed by atoms with Gasteiger partial charge in [-0.05, 0) is 0 Å². The topological polar surface area (TPSA) is 255 Å². The van der Waals surface area contributed by atoms with Gasteiger partial charge in [-0.3, -0.25) is 27.3 Å². The van der Waals surface area contributed by atoms with Crippen LogP contribution in [0.2, 0.25) is 0 Å². The average molecular weight is 500 g/mol. The molecule has 0 aromatic heterocycles. The Morgan fingerprint density at radius 1 is 0.526 bits per heavy atom. The second-order valence-electron chi connectivity index (χ2n) is 1.34. The summed E-state index contributed by atoms with van der Waals surface area (Å²) in [5.74, 6) is 0. The monoisotopic (exact) mass is 497 g/mol. The Morgan fingerprint density at radius 3 is 0.526 bits per heavy atom. The van der Waals surface area contributed by atoms with Crippen LogP contribution >= 0.6 is 0 Å². The van der Waals surface area contributed by atoms with Crippen molar-refractivity contribution in [2.75, 3.05) is 0 Å². The van der Waals surface area contributed by atoms with E-state index in [1.807, 2.05) is 0 Å². The van der Waals surface area contributed by atoms with Gasteiger partial charge < -0.3 is 5.48 Å². The Labute approximate surface area is 141 Å². The van der Waals surface area contributed by atoms with E-state index in [4.69, 9.17) is 52.6 Å². The van der Waals surface area contributed by atoms with E-state index in [-0.39, 0.29) is 58.5 Å². The molecule has 0 aliphatic rings. The van der Waals surface area contributed by atoms with Gasteiger partial charge in [0, 0.05) is 53.0 Å². The molecule has 0 aliphatic heterocycles. The van der Waals surface area contributed by atoms with Crippen LogP contribution in [0.25, 0.3) is 0 Å².